The Morgan fingerprint density at radius 3 is 2.16 bits per heavy atom. The summed E-state index contributed by atoms with van der Waals surface area (Å²) < 4.78 is 15.8. The summed E-state index contributed by atoms with van der Waals surface area (Å²) in [5.74, 6) is -1.17. The van der Waals surface area contributed by atoms with Crippen LogP contribution in [0.1, 0.15) is 76.4 Å². The number of hydrogen-bond acceptors (Lipinski definition) is 8. The van der Waals surface area contributed by atoms with Gasteiger partial charge < -0.3 is 14.2 Å². The third kappa shape index (κ3) is 13.1. The summed E-state index contributed by atoms with van der Waals surface area (Å²) in [6.07, 6.45) is -0.599. The average Bonchev–Trinajstić information content (AvgIpc) is 3.19. The number of esters is 2. The van der Waals surface area contributed by atoms with E-state index in [1.165, 1.54) is 25.4 Å². The molecule has 173 valence electrons. The highest BCUT2D eigenvalue weighted by Gasteiger charge is 2.23. The van der Waals surface area contributed by atoms with E-state index >= 15 is 0 Å². The molecule has 3 atom stereocenters. The number of carbonyl (C=O) groups is 4. The van der Waals surface area contributed by atoms with Gasteiger partial charge in [-0.25, -0.2) is 0 Å². The summed E-state index contributed by atoms with van der Waals surface area (Å²) >= 11 is 1.35. The van der Waals surface area contributed by atoms with Gasteiger partial charge in [0.05, 0.1) is 23.8 Å². The maximum atomic E-state index is 12.3. The molecule has 9 heteroatoms. The summed E-state index contributed by atoms with van der Waals surface area (Å²) in [7, 11) is 1.50. The standard InChI is InChI=1S/C21H30O7S.CH4.B/c1-5-16(27-20(24)12-15(3)26-4)13-21(25)28-17(11-14(2)22)8-9-18(23)19-7-6-10-29-19;;/h6-7,10,15-17H,5,8-9,11-13H2,1-4H3;1H4;. The zero-order valence-electron chi connectivity index (χ0n) is 18.1. The quantitative estimate of drug-likeness (QED) is 0.239. The first kappa shape index (κ1) is 31.2. The van der Waals surface area contributed by atoms with Gasteiger partial charge in [0.15, 0.2) is 5.78 Å². The molecule has 0 saturated heterocycles. The fourth-order valence-corrected chi connectivity index (χ4v) is 3.31. The number of ketones is 2. The van der Waals surface area contributed by atoms with Crippen molar-refractivity contribution in [3.05, 3.63) is 22.4 Å². The molecule has 0 aliphatic carbocycles. The van der Waals surface area contributed by atoms with Gasteiger partial charge in [-0.05, 0) is 38.1 Å². The number of rotatable bonds is 14. The van der Waals surface area contributed by atoms with Crippen LogP contribution >= 0.6 is 11.3 Å². The Balaban J connectivity index is 0. The molecule has 7 nitrogen and oxygen atoms in total. The van der Waals surface area contributed by atoms with Crippen LogP contribution < -0.4 is 0 Å². The van der Waals surface area contributed by atoms with Gasteiger partial charge in [0.2, 0.25) is 0 Å². The van der Waals surface area contributed by atoms with Crippen LogP contribution in [0.15, 0.2) is 17.5 Å². The van der Waals surface area contributed by atoms with Gasteiger partial charge in [-0.15, -0.1) is 11.3 Å². The molecule has 0 amide bonds. The first-order valence-electron chi connectivity index (χ1n) is 9.73. The number of ether oxygens (including phenoxy) is 3. The molecule has 1 heterocycles. The largest absolute Gasteiger partial charge is 0.462 e. The fraction of sp³-hybridized carbons (Fsp3) is 0.636. The maximum Gasteiger partial charge on any atom is 0.309 e. The van der Waals surface area contributed by atoms with Crippen molar-refractivity contribution in [3.63, 3.8) is 0 Å². The molecule has 0 aromatic carbocycles. The number of thiophene rings is 1. The van der Waals surface area contributed by atoms with E-state index in [-0.39, 0.29) is 65.6 Å². The predicted octanol–water partition coefficient (Wildman–Crippen LogP) is 3.99. The van der Waals surface area contributed by atoms with E-state index in [0.717, 1.165) is 0 Å². The minimum atomic E-state index is -0.675. The van der Waals surface area contributed by atoms with Gasteiger partial charge in [-0.3, -0.25) is 19.2 Å². The van der Waals surface area contributed by atoms with E-state index in [0.29, 0.717) is 11.3 Å². The van der Waals surface area contributed by atoms with Crippen LogP contribution in [0.3, 0.4) is 0 Å². The van der Waals surface area contributed by atoms with Crippen LogP contribution in [0.4, 0.5) is 0 Å². The SMILES string of the molecule is C.CCC(CC(=O)OC(CCC(=O)c1cccs1)CC(C)=O)OC(=O)CC(C)OC.[B]. The molecule has 0 saturated carbocycles. The van der Waals surface area contributed by atoms with Crippen molar-refractivity contribution in [2.75, 3.05) is 7.11 Å². The van der Waals surface area contributed by atoms with Gasteiger partial charge in [-0.1, -0.05) is 20.4 Å². The van der Waals surface area contributed by atoms with Crippen LogP contribution in [0.5, 0.6) is 0 Å². The molecule has 0 aliphatic heterocycles. The van der Waals surface area contributed by atoms with Crippen molar-refractivity contribution in [2.45, 2.75) is 85.0 Å². The average molecular weight is 453 g/mol. The molecule has 1 aromatic heterocycles. The second-order valence-electron chi connectivity index (χ2n) is 6.93. The number of carbonyl (C=O) groups excluding carboxylic acids is 4. The highest BCUT2D eigenvalue weighted by molar-refractivity contribution is 7.12. The van der Waals surface area contributed by atoms with Gasteiger partial charge in [0.25, 0.3) is 0 Å². The van der Waals surface area contributed by atoms with E-state index < -0.39 is 24.1 Å². The lowest BCUT2D eigenvalue weighted by atomic mass is 10.1. The molecule has 1 rings (SSSR count). The number of hydrogen-bond donors (Lipinski definition) is 0. The molecule has 3 radical (unpaired) electrons. The van der Waals surface area contributed by atoms with Crippen molar-refractivity contribution in [1.29, 1.82) is 0 Å². The maximum absolute atomic E-state index is 12.3. The fourth-order valence-electron chi connectivity index (χ4n) is 2.62. The van der Waals surface area contributed by atoms with Crippen LogP contribution in [0, 0.1) is 0 Å². The molecule has 0 aliphatic rings. The molecule has 0 N–H and O–H groups in total. The minimum absolute atomic E-state index is 0. The number of Topliss-reactive ketones (excluding diaryl/α,β-unsaturated/α-hetero) is 2. The third-order valence-corrected chi connectivity index (χ3v) is 5.22. The van der Waals surface area contributed by atoms with Crippen molar-refractivity contribution < 1.29 is 33.4 Å². The van der Waals surface area contributed by atoms with Crippen LogP contribution in [-0.4, -0.2) is 57.3 Å². The Hall–Kier alpha value is -2.00. The molecule has 3 unspecified atom stereocenters. The zero-order chi connectivity index (χ0) is 21.8. The van der Waals surface area contributed by atoms with Crippen molar-refractivity contribution >= 4 is 43.3 Å². The first-order valence-corrected chi connectivity index (χ1v) is 10.6. The Bertz CT molecular complexity index is 675. The van der Waals surface area contributed by atoms with Crippen molar-refractivity contribution in [2.24, 2.45) is 0 Å². The first-order chi connectivity index (χ1) is 13.7. The Morgan fingerprint density at radius 2 is 1.65 bits per heavy atom. The van der Waals surface area contributed by atoms with E-state index in [1.54, 1.807) is 26.0 Å². The van der Waals surface area contributed by atoms with Gasteiger partial charge >= 0.3 is 11.9 Å². The lowest BCUT2D eigenvalue weighted by Crippen LogP contribution is -2.27. The lowest BCUT2D eigenvalue weighted by molar-refractivity contribution is -0.159. The topological polar surface area (TPSA) is 96.0 Å². The Labute approximate surface area is 191 Å². The van der Waals surface area contributed by atoms with Gasteiger partial charge in [0.1, 0.15) is 18.0 Å². The van der Waals surface area contributed by atoms with Crippen molar-refractivity contribution in [1.82, 2.24) is 0 Å². The summed E-state index contributed by atoms with van der Waals surface area (Å²) in [4.78, 5) is 48.5. The predicted molar refractivity (Wildman–Crippen MR) is 121 cm³/mol. The summed E-state index contributed by atoms with van der Waals surface area (Å²) in [5, 5.41) is 1.82. The van der Waals surface area contributed by atoms with Crippen LogP contribution in [0.2, 0.25) is 0 Å². The summed E-state index contributed by atoms with van der Waals surface area (Å²) in [6.45, 7) is 4.97. The molecular weight excluding hydrogens is 419 g/mol. The van der Waals surface area contributed by atoms with Gasteiger partial charge in [-0.2, -0.15) is 0 Å². The van der Waals surface area contributed by atoms with Gasteiger partial charge in [0, 0.05) is 28.4 Å². The van der Waals surface area contributed by atoms with E-state index in [1.807, 2.05) is 5.38 Å². The molecule has 0 spiro atoms. The molecule has 1 aromatic rings. The summed E-state index contributed by atoms with van der Waals surface area (Å²) in [5.41, 5.74) is 0. The van der Waals surface area contributed by atoms with E-state index in [2.05, 4.69) is 0 Å². The molecule has 31 heavy (non-hydrogen) atoms. The third-order valence-electron chi connectivity index (χ3n) is 4.31. The monoisotopic (exact) mass is 453 g/mol. The second-order valence-corrected chi connectivity index (χ2v) is 7.88. The zero-order valence-corrected chi connectivity index (χ0v) is 18.9. The highest BCUT2D eigenvalue weighted by Crippen LogP contribution is 2.17. The number of methoxy groups -OCH3 is 1. The summed E-state index contributed by atoms with van der Waals surface area (Å²) in [6, 6.07) is 3.54. The molecule has 0 bridgehead atoms. The lowest BCUT2D eigenvalue weighted by Gasteiger charge is -2.20. The van der Waals surface area contributed by atoms with E-state index in [4.69, 9.17) is 14.2 Å². The molecule has 0 fully saturated rings. The second kappa shape index (κ2) is 16.7. The van der Waals surface area contributed by atoms with E-state index in [9.17, 15) is 19.2 Å². The minimum Gasteiger partial charge on any atom is -0.462 e. The smallest absolute Gasteiger partial charge is 0.309 e. The Morgan fingerprint density at radius 1 is 1.03 bits per heavy atom. The van der Waals surface area contributed by atoms with Crippen LogP contribution in [-0.2, 0) is 28.6 Å². The van der Waals surface area contributed by atoms with Crippen LogP contribution in [0.25, 0.3) is 0 Å². The highest BCUT2D eigenvalue weighted by atomic mass is 32.1. The van der Waals surface area contributed by atoms with Crippen molar-refractivity contribution in [3.8, 4) is 0 Å². The normalized spacial score (nSPS) is 13.0. The molecular formula is C22H34BO7S. The Kier molecular flexibility index (Phi) is 16.8.